The molecule has 0 fully saturated rings. The third kappa shape index (κ3) is 8.41. The normalized spacial score (nSPS) is 14.5. The standard InChI is InChI=1S/C2HF6NO4S2.BF4/c3-1(4,5)14(10,11)9-15(12,13)2(6,7)8;2-1(3,4)5/h9H;/q;-1. The predicted molar refractivity (Wildman–Crippen MR) is 43.3 cm³/mol. The molecule has 1 N–H and O–H groups in total. The number of rotatable bonds is 2. The van der Waals surface area contributed by atoms with E-state index in [1.54, 1.807) is 0 Å². The van der Waals surface area contributed by atoms with Crippen molar-refractivity contribution in [3.05, 3.63) is 0 Å². The molecule has 124 valence electrons. The quantitative estimate of drug-likeness (QED) is 0.593. The lowest BCUT2D eigenvalue weighted by molar-refractivity contribution is -0.0476. The van der Waals surface area contributed by atoms with Gasteiger partial charge in [0.25, 0.3) is 0 Å². The van der Waals surface area contributed by atoms with E-state index in [4.69, 9.17) is 0 Å². The Kier molecular flexibility index (Phi) is 6.37. The molecule has 0 spiro atoms. The Bertz CT molecular complexity index is 463. The van der Waals surface area contributed by atoms with Crippen LogP contribution in [0.4, 0.5) is 43.6 Å². The molecule has 0 aromatic rings. The van der Waals surface area contributed by atoms with Gasteiger partial charge in [-0.25, -0.2) is 16.8 Å². The van der Waals surface area contributed by atoms with E-state index in [1.165, 1.54) is 0 Å². The second-order valence-corrected chi connectivity index (χ2v) is 6.08. The summed E-state index contributed by atoms with van der Waals surface area (Å²) in [5, 5.41) is 0. The highest BCUT2D eigenvalue weighted by Gasteiger charge is 2.55. The van der Waals surface area contributed by atoms with Gasteiger partial charge in [-0.2, -0.15) is 26.3 Å². The zero-order valence-corrected chi connectivity index (χ0v) is 9.94. The molecule has 0 heterocycles. The summed E-state index contributed by atoms with van der Waals surface area (Å²) in [7, 11) is -19.2. The first-order valence-corrected chi connectivity index (χ1v) is 6.46. The summed E-state index contributed by atoms with van der Waals surface area (Å²) in [5.41, 5.74) is -12.3. The highest BCUT2D eigenvalue weighted by molar-refractivity contribution is 8.05. The van der Waals surface area contributed by atoms with Crippen LogP contribution in [0.3, 0.4) is 0 Å². The molecule has 0 radical (unpaired) electrons. The molecule has 0 aliphatic carbocycles. The van der Waals surface area contributed by atoms with Crippen LogP contribution in [0.25, 0.3) is 0 Å². The van der Waals surface area contributed by atoms with Crippen molar-refractivity contribution in [3.63, 3.8) is 0 Å². The van der Waals surface area contributed by atoms with Gasteiger partial charge in [-0.3, -0.25) is 0 Å². The van der Waals surface area contributed by atoms with Crippen molar-refractivity contribution in [2.24, 2.45) is 0 Å². The Balaban J connectivity index is 0. The molecule has 0 aliphatic rings. The Morgan fingerprint density at radius 1 is 0.650 bits per heavy atom. The van der Waals surface area contributed by atoms with E-state index in [2.05, 4.69) is 0 Å². The fourth-order valence-electron chi connectivity index (χ4n) is 0.239. The van der Waals surface area contributed by atoms with Crippen LogP contribution >= 0.6 is 0 Å². The van der Waals surface area contributed by atoms with Gasteiger partial charge in [-0.05, 0) is 0 Å². The van der Waals surface area contributed by atoms with Crippen molar-refractivity contribution < 1.29 is 60.4 Å². The van der Waals surface area contributed by atoms with Gasteiger partial charge in [0.15, 0.2) is 0 Å². The van der Waals surface area contributed by atoms with Crippen LogP contribution in [-0.2, 0) is 20.0 Å². The zero-order chi connectivity index (χ0) is 17.2. The van der Waals surface area contributed by atoms with Gasteiger partial charge >= 0.3 is 38.3 Å². The minimum absolute atomic E-state index is 0.493. The Labute approximate surface area is 104 Å². The van der Waals surface area contributed by atoms with Gasteiger partial charge in [0.05, 0.1) is 0 Å². The lowest BCUT2D eigenvalue weighted by Crippen LogP contribution is -2.45. The summed E-state index contributed by atoms with van der Waals surface area (Å²) in [5.74, 6) is 0. The summed E-state index contributed by atoms with van der Waals surface area (Å²) < 4.78 is 147. The highest BCUT2D eigenvalue weighted by atomic mass is 32.3. The van der Waals surface area contributed by atoms with Crippen molar-refractivity contribution >= 4 is 27.3 Å². The SMILES string of the molecule is F[B-](F)(F)F.O=S(=O)(NS(=O)(=O)C(F)(F)F)C(F)(F)F. The van der Waals surface area contributed by atoms with E-state index >= 15 is 0 Å². The van der Waals surface area contributed by atoms with E-state index in [0.29, 0.717) is 0 Å². The first-order chi connectivity index (χ1) is 8.21. The molecule has 18 heteroatoms. The van der Waals surface area contributed by atoms with E-state index < -0.39 is 42.4 Å². The van der Waals surface area contributed by atoms with Crippen molar-refractivity contribution in [3.8, 4) is 0 Å². The average Bonchev–Trinajstić information content (AvgIpc) is 1.92. The molecule has 0 aromatic heterocycles. The van der Waals surface area contributed by atoms with Crippen molar-refractivity contribution in [1.82, 2.24) is 4.13 Å². The molecule has 0 aromatic carbocycles. The first-order valence-electron chi connectivity index (χ1n) is 3.49. The summed E-state index contributed by atoms with van der Waals surface area (Å²) in [6.45, 7) is 0. The maximum absolute atomic E-state index is 11.5. The second-order valence-electron chi connectivity index (χ2n) is 2.48. The molecule has 5 nitrogen and oxygen atoms in total. The topological polar surface area (TPSA) is 80.3 Å². The predicted octanol–water partition coefficient (Wildman–Crippen LogP) is 1.58. The second kappa shape index (κ2) is 5.92. The van der Waals surface area contributed by atoms with E-state index in [1.807, 2.05) is 0 Å². The zero-order valence-electron chi connectivity index (χ0n) is 8.31. The Morgan fingerprint density at radius 3 is 0.900 bits per heavy atom. The number of halogens is 10. The van der Waals surface area contributed by atoms with Crippen LogP contribution in [0.1, 0.15) is 0 Å². The number of alkyl halides is 6. The molecule has 0 aliphatic heterocycles. The Morgan fingerprint density at radius 2 is 0.800 bits per heavy atom. The molecule has 0 saturated heterocycles. The van der Waals surface area contributed by atoms with Gasteiger partial charge in [-0.1, -0.05) is 4.13 Å². The molecular formula is C2HBF10NO4S2-. The fourth-order valence-corrected chi connectivity index (χ4v) is 2.15. The Hall–Kier alpha value is -0.775. The molecule has 0 saturated carbocycles. The van der Waals surface area contributed by atoms with E-state index in [0.717, 1.165) is 0 Å². The number of sulfonamides is 2. The molecule has 20 heavy (non-hydrogen) atoms. The summed E-state index contributed by atoms with van der Waals surface area (Å²) >= 11 is 0. The number of nitrogens with one attached hydrogen (secondary N) is 1. The van der Waals surface area contributed by atoms with Crippen molar-refractivity contribution in [2.75, 3.05) is 0 Å². The minimum atomic E-state index is -6.60. The monoisotopic (exact) mass is 368 g/mol. The van der Waals surface area contributed by atoms with Crippen molar-refractivity contribution in [2.45, 2.75) is 11.0 Å². The molecule has 0 unspecified atom stereocenters. The number of hydrogen-bond acceptors (Lipinski definition) is 4. The molecule has 0 amide bonds. The van der Waals surface area contributed by atoms with Crippen molar-refractivity contribution in [1.29, 1.82) is 0 Å². The van der Waals surface area contributed by atoms with Crippen LogP contribution in [0, 0.1) is 0 Å². The first kappa shape index (κ1) is 21.5. The van der Waals surface area contributed by atoms with Gasteiger partial charge in [0.1, 0.15) is 0 Å². The molecule has 0 bridgehead atoms. The molecular weight excluding hydrogens is 367 g/mol. The average molecular weight is 368 g/mol. The van der Waals surface area contributed by atoms with Gasteiger partial charge < -0.3 is 17.3 Å². The summed E-state index contributed by atoms with van der Waals surface area (Å²) in [4.78, 5) is 0. The molecule has 0 atom stereocenters. The largest absolute Gasteiger partial charge is 0.673 e. The van der Waals surface area contributed by atoms with E-state index in [9.17, 15) is 60.4 Å². The maximum atomic E-state index is 11.5. The number of hydrogen-bond donors (Lipinski definition) is 1. The fraction of sp³-hybridized carbons (Fsp3) is 1.00. The minimum Gasteiger partial charge on any atom is -0.418 e. The third-order valence-electron chi connectivity index (χ3n) is 0.829. The van der Waals surface area contributed by atoms with Gasteiger partial charge in [0.2, 0.25) is 0 Å². The van der Waals surface area contributed by atoms with Gasteiger partial charge in [-0.15, -0.1) is 0 Å². The smallest absolute Gasteiger partial charge is 0.418 e. The van der Waals surface area contributed by atoms with Crippen LogP contribution in [0.2, 0.25) is 0 Å². The summed E-state index contributed by atoms with van der Waals surface area (Å²) in [6, 6.07) is 0. The van der Waals surface area contributed by atoms with Crippen LogP contribution in [0.15, 0.2) is 0 Å². The maximum Gasteiger partial charge on any atom is 0.673 e. The molecule has 0 rings (SSSR count). The van der Waals surface area contributed by atoms with Crippen LogP contribution in [0.5, 0.6) is 0 Å². The van der Waals surface area contributed by atoms with Crippen LogP contribution in [-0.4, -0.2) is 35.1 Å². The van der Waals surface area contributed by atoms with Gasteiger partial charge in [0, 0.05) is 0 Å². The lowest BCUT2D eigenvalue weighted by atomic mass is 10.3. The van der Waals surface area contributed by atoms with E-state index in [-0.39, 0.29) is 0 Å². The summed E-state index contributed by atoms with van der Waals surface area (Å²) in [6.07, 6.45) is 0. The van der Waals surface area contributed by atoms with Crippen LogP contribution < -0.4 is 4.13 Å². The third-order valence-corrected chi connectivity index (χ3v) is 3.80. The lowest BCUT2D eigenvalue weighted by Gasteiger charge is -2.11. The highest BCUT2D eigenvalue weighted by Crippen LogP contribution is 2.27.